The first-order chi connectivity index (χ1) is 10.7. The van der Waals surface area contributed by atoms with Crippen LogP contribution in [0.1, 0.15) is 30.9 Å². The summed E-state index contributed by atoms with van der Waals surface area (Å²) >= 11 is 0. The molecule has 2 aliphatic rings. The zero-order valence-corrected chi connectivity index (χ0v) is 12.6. The molecule has 2 saturated heterocycles. The van der Waals surface area contributed by atoms with Gasteiger partial charge < -0.3 is 25.8 Å². The minimum atomic E-state index is -0.452. The minimum absolute atomic E-state index is 0.129. The summed E-state index contributed by atoms with van der Waals surface area (Å²) in [6.45, 7) is 2.95. The van der Waals surface area contributed by atoms with Crippen LogP contribution < -0.4 is 16.4 Å². The molecule has 1 atom stereocenters. The molecule has 0 amide bonds. The number of nitrogens with zero attached hydrogens (tertiary/aromatic N) is 1. The van der Waals surface area contributed by atoms with Gasteiger partial charge in [-0.15, -0.1) is 0 Å². The van der Waals surface area contributed by atoms with Crippen LogP contribution in [0.25, 0.3) is 0 Å². The predicted octanol–water partition coefficient (Wildman–Crippen LogP) is 1.76. The Morgan fingerprint density at radius 3 is 3.00 bits per heavy atom. The van der Waals surface area contributed by atoms with Crippen molar-refractivity contribution in [1.82, 2.24) is 5.32 Å². The van der Waals surface area contributed by atoms with Crippen molar-refractivity contribution < 1.29 is 9.47 Å². The molecule has 6 nitrogen and oxygen atoms in total. The second-order valence-electron chi connectivity index (χ2n) is 5.72. The second-order valence-corrected chi connectivity index (χ2v) is 5.72. The number of piperidine rings is 1. The van der Waals surface area contributed by atoms with Gasteiger partial charge in [-0.3, -0.25) is 0 Å². The molecule has 6 heteroatoms. The van der Waals surface area contributed by atoms with Crippen molar-refractivity contribution in [3.63, 3.8) is 0 Å². The van der Waals surface area contributed by atoms with Crippen LogP contribution in [-0.2, 0) is 9.47 Å². The Hall–Kier alpha value is -1.81. The van der Waals surface area contributed by atoms with Gasteiger partial charge in [0.2, 0.25) is 0 Å². The summed E-state index contributed by atoms with van der Waals surface area (Å²) in [5.74, 6) is -0.452. The number of hydrogen-bond donors (Lipinski definition) is 3. The summed E-state index contributed by atoms with van der Waals surface area (Å²) in [5, 5.41) is 15.1. The first kappa shape index (κ1) is 15.1. The lowest BCUT2D eigenvalue weighted by molar-refractivity contribution is -0.183. The molecule has 0 radical (unpaired) electrons. The van der Waals surface area contributed by atoms with Gasteiger partial charge in [0.15, 0.2) is 5.79 Å². The number of rotatable bonds is 4. The fourth-order valence-electron chi connectivity index (χ4n) is 3.05. The Labute approximate surface area is 130 Å². The maximum Gasteiger partial charge on any atom is 0.171 e. The molecule has 1 aromatic carbocycles. The van der Waals surface area contributed by atoms with E-state index in [1.165, 1.54) is 0 Å². The van der Waals surface area contributed by atoms with E-state index in [-0.39, 0.29) is 6.10 Å². The van der Waals surface area contributed by atoms with E-state index >= 15 is 0 Å². The van der Waals surface area contributed by atoms with E-state index in [1.807, 2.05) is 18.2 Å². The Kier molecular flexibility index (Phi) is 4.48. The summed E-state index contributed by atoms with van der Waals surface area (Å²) in [6, 6.07) is 7.98. The third-order valence-corrected chi connectivity index (χ3v) is 4.26. The molecule has 1 unspecified atom stereocenters. The van der Waals surface area contributed by atoms with Gasteiger partial charge in [-0.25, -0.2) is 0 Å². The van der Waals surface area contributed by atoms with E-state index in [0.29, 0.717) is 25.3 Å². The van der Waals surface area contributed by atoms with Crippen molar-refractivity contribution >= 4 is 11.4 Å². The first-order valence-corrected chi connectivity index (χ1v) is 7.76. The molecule has 2 heterocycles. The van der Waals surface area contributed by atoms with E-state index in [4.69, 9.17) is 20.5 Å². The number of hydrogen-bond acceptors (Lipinski definition) is 6. The smallest absolute Gasteiger partial charge is 0.171 e. The van der Waals surface area contributed by atoms with Gasteiger partial charge in [-0.05, 0) is 6.07 Å². The highest BCUT2D eigenvalue weighted by Crippen LogP contribution is 2.41. The topological polar surface area (TPSA) is 92.3 Å². The van der Waals surface area contributed by atoms with Gasteiger partial charge in [-0.1, -0.05) is 12.1 Å². The number of nitrogens with one attached hydrogen (secondary N) is 2. The maximum atomic E-state index is 8.62. The molecule has 2 fully saturated rings. The monoisotopic (exact) mass is 302 g/mol. The maximum absolute atomic E-state index is 8.62. The van der Waals surface area contributed by atoms with Crippen LogP contribution in [0.15, 0.2) is 18.2 Å². The highest BCUT2D eigenvalue weighted by molar-refractivity contribution is 5.70. The quantitative estimate of drug-likeness (QED) is 0.580. The van der Waals surface area contributed by atoms with Crippen molar-refractivity contribution in [2.45, 2.75) is 31.2 Å². The molecule has 118 valence electrons. The average Bonchev–Trinajstić information content (AvgIpc) is 2.93. The van der Waals surface area contributed by atoms with Crippen LogP contribution in [0.2, 0.25) is 0 Å². The molecular weight excluding hydrogens is 280 g/mol. The highest BCUT2D eigenvalue weighted by atomic mass is 16.7. The standard InChI is InChI=1S/C16H22N4O2/c17-7-2-8-20-13-4-1-3-12(15(13)18)14-11-21-16(22-14)5-9-19-10-6-16/h1,3-4,14,19-20H,2,5-6,8-11,18H2. The van der Waals surface area contributed by atoms with Gasteiger partial charge in [0.25, 0.3) is 0 Å². The Balaban J connectivity index is 1.72. The molecule has 3 rings (SSSR count). The summed E-state index contributed by atoms with van der Waals surface area (Å²) in [4.78, 5) is 0. The molecule has 0 bridgehead atoms. The van der Waals surface area contributed by atoms with Gasteiger partial charge in [0, 0.05) is 38.0 Å². The van der Waals surface area contributed by atoms with Gasteiger partial charge in [0.05, 0.1) is 30.5 Å². The Bertz CT molecular complexity index is 564. The number of nitrogens with two attached hydrogens (primary N) is 1. The molecule has 4 N–H and O–H groups in total. The van der Waals surface area contributed by atoms with E-state index in [9.17, 15) is 0 Å². The summed E-state index contributed by atoms with van der Waals surface area (Å²) < 4.78 is 12.2. The van der Waals surface area contributed by atoms with Crippen LogP contribution in [0.5, 0.6) is 0 Å². The number of ether oxygens (including phenoxy) is 2. The molecular formula is C16H22N4O2. The fraction of sp³-hybridized carbons (Fsp3) is 0.562. The highest BCUT2D eigenvalue weighted by Gasteiger charge is 2.43. The van der Waals surface area contributed by atoms with E-state index in [2.05, 4.69) is 16.7 Å². The number of benzene rings is 1. The van der Waals surface area contributed by atoms with E-state index in [1.54, 1.807) is 0 Å². The van der Waals surface area contributed by atoms with Crippen LogP contribution in [0, 0.1) is 11.3 Å². The average molecular weight is 302 g/mol. The van der Waals surface area contributed by atoms with Crippen molar-refractivity contribution in [2.24, 2.45) is 0 Å². The third kappa shape index (κ3) is 3.02. The minimum Gasteiger partial charge on any atom is -0.397 e. The molecule has 0 aliphatic carbocycles. The van der Waals surface area contributed by atoms with Crippen LogP contribution in [0.4, 0.5) is 11.4 Å². The van der Waals surface area contributed by atoms with Gasteiger partial charge >= 0.3 is 0 Å². The van der Waals surface area contributed by atoms with E-state index < -0.39 is 5.79 Å². The second kappa shape index (κ2) is 6.53. The molecule has 0 aromatic heterocycles. The van der Waals surface area contributed by atoms with Crippen molar-refractivity contribution in [2.75, 3.05) is 37.3 Å². The predicted molar refractivity (Wildman–Crippen MR) is 84.2 cm³/mol. The summed E-state index contributed by atoms with van der Waals surface area (Å²) in [6.07, 6.45) is 2.05. The summed E-state index contributed by atoms with van der Waals surface area (Å²) in [7, 11) is 0. The third-order valence-electron chi connectivity index (χ3n) is 4.26. The largest absolute Gasteiger partial charge is 0.397 e. The van der Waals surface area contributed by atoms with Gasteiger partial charge in [-0.2, -0.15) is 5.26 Å². The number of nitriles is 1. The van der Waals surface area contributed by atoms with E-state index in [0.717, 1.165) is 37.2 Å². The lowest BCUT2D eigenvalue weighted by atomic mass is 10.0. The van der Waals surface area contributed by atoms with Crippen LogP contribution >= 0.6 is 0 Å². The number of para-hydroxylation sites is 1. The van der Waals surface area contributed by atoms with Crippen LogP contribution in [-0.4, -0.2) is 32.0 Å². The molecule has 0 saturated carbocycles. The lowest BCUT2D eigenvalue weighted by Crippen LogP contribution is -2.42. The Morgan fingerprint density at radius 2 is 2.23 bits per heavy atom. The summed E-state index contributed by atoms with van der Waals surface area (Å²) in [5.41, 5.74) is 8.76. The van der Waals surface area contributed by atoms with Crippen molar-refractivity contribution in [1.29, 1.82) is 5.26 Å². The lowest BCUT2D eigenvalue weighted by Gasteiger charge is -2.32. The zero-order chi connectivity index (χ0) is 15.4. The Morgan fingerprint density at radius 1 is 1.41 bits per heavy atom. The molecule has 2 aliphatic heterocycles. The molecule has 22 heavy (non-hydrogen) atoms. The fourth-order valence-corrected chi connectivity index (χ4v) is 3.05. The molecule has 1 aromatic rings. The normalized spacial score (nSPS) is 23.3. The van der Waals surface area contributed by atoms with Crippen LogP contribution in [0.3, 0.4) is 0 Å². The zero-order valence-electron chi connectivity index (χ0n) is 12.6. The van der Waals surface area contributed by atoms with Crippen molar-refractivity contribution in [3.05, 3.63) is 23.8 Å². The molecule has 1 spiro atoms. The number of nitrogen functional groups attached to an aromatic ring is 1. The SMILES string of the molecule is N#CCCNc1cccc(C2COC3(CCNCC3)O2)c1N. The van der Waals surface area contributed by atoms with Gasteiger partial charge in [0.1, 0.15) is 6.10 Å². The first-order valence-electron chi connectivity index (χ1n) is 7.76. The number of anilines is 2. The van der Waals surface area contributed by atoms with Crippen molar-refractivity contribution in [3.8, 4) is 6.07 Å².